The van der Waals surface area contributed by atoms with Crippen LogP contribution in [-0.2, 0) is 14.3 Å². The van der Waals surface area contributed by atoms with Crippen molar-refractivity contribution in [2.75, 3.05) is 41.0 Å². The van der Waals surface area contributed by atoms with E-state index in [4.69, 9.17) is 14.2 Å². The Balaban J connectivity index is 1.79. The van der Waals surface area contributed by atoms with Crippen molar-refractivity contribution >= 4 is 29.1 Å². The molecule has 9 heteroatoms. The van der Waals surface area contributed by atoms with E-state index >= 15 is 0 Å². The highest BCUT2D eigenvalue weighted by atomic mass is 32.1. The van der Waals surface area contributed by atoms with Crippen LogP contribution in [0.5, 0.6) is 11.5 Å². The molecule has 1 aromatic heterocycles. The number of benzene rings is 1. The second kappa shape index (κ2) is 10.0. The molecule has 0 aliphatic carbocycles. The Morgan fingerprint density at radius 3 is 2.56 bits per heavy atom. The summed E-state index contributed by atoms with van der Waals surface area (Å²) in [6.45, 7) is 2.96. The largest absolute Gasteiger partial charge is 0.493 e. The Bertz CT molecular complexity index is 1070. The summed E-state index contributed by atoms with van der Waals surface area (Å²) in [5, 5.41) is 1.94. The number of ether oxygens (including phenoxy) is 3. The number of amides is 2. The molecule has 0 bridgehead atoms. The fourth-order valence-corrected chi connectivity index (χ4v) is 5.86. The minimum Gasteiger partial charge on any atom is -0.493 e. The summed E-state index contributed by atoms with van der Waals surface area (Å²) in [6.07, 6.45) is 1.42. The van der Waals surface area contributed by atoms with Gasteiger partial charge in [-0.25, -0.2) is 0 Å². The summed E-state index contributed by atoms with van der Waals surface area (Å²) >= 11 is 1.51. The third-order valence-electron chi connectivity index (χ3n) is 6.63. The number of hydrogen-bond donors (Lipinski definition) is 0. The first-order chi connectivity index (χ1) is 16.4. The van der Waals surface area contributed by atoms with E-state index < -0.39 is 12.0 Å². The fourth-order valence-electron chi connectivity index (χ4n) is 4.96. The van der Waals surface area contributed by atoms with E-state index in [1.165, 1.54) is 25.6 Å². The number of carbonyl (C=O) groups excluding carboxylic acids is 3. The molecule has 0 radical (unpaired) electrons. The molecule has 0 unspecified atom stereocenters. The topological polar surface area (TPSA) is 85.4 Å². The second-order valence-electron chi connectivity index (χ2n) is 8.52. The van der Waals surface area contributed by atoms with E-state index in [1.54, 1.807) is 35.9 Å². The predicted octanol–water partition coefficient (Wildman–Crippen LogP) is 3.48. The lowest BCUT2D eigenvalue weighted by Gasteiger charge is -2.42. The van der Waals surface area contributed by atoms with E-state index in [0.717, 1.165) is 11.3 Å². The summed E-state index contributed by atoms with van der Waals surface area (Å²) in [4.78, 5) is 44.2. The zero-order chi connectivity index (χ0) is 24.4. The van der Waals surface area contributed by atoms with Crippen molar-refractivity contribution in [2.45, 2.75) is 31.7 Å². The molecule has 0 spiro atoms. The molecule has 2 aromatic rings. The van der Waals surface area contributed by atoms with Gasteiger partial charge in [0.1, 0.15) is 0 Å². The number of carbonyl (C=O) groups is 3. The van der Waals surface area contributed by atoms with Gasteiger partial charge in [-0.15, -0.1) is 11.3 Å². The fraction of sp³-hybridized carbons (Fsp3) is 0.480. The Morgan fingerprint density at radius 2 is 1.91 bits per heavy atom. The van der Waals surface area contributed by atoms with Crippen LogP contribution in [0, 0.1) is 5.92 Å². The van der Waals surface area contributed by atoms with Gasteiger partial charge in [0.2, 0.25) is 5.91 Å². The molecule has 182 valence electrons. The molecule has 3 heterocycles. The van der Waals surface area contributed by atoms with Crippen LogP contribution in [0.2, 0.25) is 0 Å². The normalized spacial score (nSPS) is 22.2. The molecule has 34 heavy (non-hydrogen) atoms. The van der Waals surface area contributed by atoms with Gasteiger partial charge >= 0.3 is 5.97 Å². The van der Waals surface area contributed by atoms with Crippen LogP contribution in [0.15, 0.2) is 29.6 Å². The number of likely N-dealkylation sites (tertiary alicyclic amines) is 1. The van der Waals surface area contributed by atoms with Crippen molar-refractivity contribution in [3.63, 3.8) is 0 Å². The second-order valence-corrected chi connectivity index (χ2v) is 9.50. The number of fused-ring (bicyclic) bond motifs is 1. The van der Waals surface area contributed by atoms with Gasteiger partial charge in [0.15, 0.2) is 11.5 Å². The number of likely N-dealkylation sites (N-methyl/N-ethyl adjacent to an activating group) is 1. The molecule has 8 nitrogen and oxygen atoms in total. The average molecular weight is 487 g/mol. The van der Waals surface area contributed by atoms with Gasteiger partial charge in [-0.2, -0.15) is 0 Å². The zero-order valence-electron chi connectivity index (χ0n) is 19.9. The quantitative estimate of drug-likeness (QED) is 0.582. The van der Waals surface area contributed by atoms with E-state index in [9.17, 15) is 14.4 Å². The highest BCUT2D eigenvalue weighted by Gasteiger charge is 2.46. The highest BCUT2D eigenvalue weighted by molar-refractivity contribution is 7.10. The van der Waals surface area contributed by atoms with E-state index in [-0.39, 0.29) is 23.7 Å². The first kappa shape index (κ1) is 24.1. The molecule has 2 aliphatic rings. The summed E-state index contributed by atoms with van der Waals surface area (Å²) < 4.78 is 16.1. The molecule has 4 rings (SSSR count). The van der Waals surface area contributed by atoms with Crippen LogP contribution in [0.1, 0.15) is 52.5 Å². The third kappa shape index (κ3) is 4.24. The minimum absolute atomic E-state index is 0.111. The van der Waals surface area contributed by atoms with E-state index in [1.807, 2.05) is 17.5 Å². The van der Waals surface area contributed by atoms with E-state index in [0.29, 0.717) is 48.7 Å². The van der Waals surface area contributed by atoms with Crippen molar-refractivity contribution in [3.8, 4) is 11.5 Å². The SMILES string of the molecule is CCOC(=O)[C@@H]1CCCN(C(=O)[C@H]2c3cc(OC)c(OC)cc3C(=O)N(C)[C@@H]2c2cccs2)C1. The first-order valence-electron chi connectivity index (χ1n) is 11.4. The number of esters is 1. The third-order valence-corrected chi connectivity index (χ3v) is 7.57. The summed E-state index contributed by atoms with van der Waals surface area (Å²) in [5.41, 5.74) is 1.03. The summed E-state index contributed by atoms with van der Waals surface area (Å²) in [5.74, 6) is -0.643. The van der Waals surface area contributed by atoms with Gasteiger partial charge in [-0.3, -0.25) is 14.4 Å². The van der Waals surface area contributed by atoms with Crippen LogP contribution in [0.25, 0.3) is 0 Å². The molecule has 1 saturated heterocycles. The molecule has 0 saturated carbocycles. The van der Waals surface area contributed by atoms with Crippen LogP contribution >= 0.6 is 11.3 Å². The number of thiophene rings is 1. The molecule has 0 N–H and O–H groups in total. The van der Waals surface area contributed by atoms with Crippen molar-refractivity contribution in [1.82, 2.24) is 9.80 Å². The van der Waals surface area contributed by atoms with Gasteiger partial charge in [-0.05, 0) is 48.9 Å². The Hall–Kier alpha value is -3.07. The standard InChI is InChI=1S/C25H30N2O6S/c1-5-33-25(30)15-8-6-10-27(14-15)24(29)21-16-12-18(31-3)19(32-4)13-17(16)23(28)26(2)22(21)20-9-7-11-34-20/h7,9,11-13,15,21-22H,5-6,8,10,14H2,1-4H3/t15-,21+,22-/m1/s1. The van der Waals surface area contributed by atoms with Crippen molar-refractivity contribution < 1.29 is 28.6 Å². The van der Waals surface area contributed by atoms with Crippen LogP contribution < -0.4 is 9.47 Å². The summed E-state index contributed by atoms with van der Waals surface area (Å²) in [6, 6.07) is 6.79. The van der Waals surface area contributed by atoms with Gasteiger partial charge < -0.3 is 24.0 Å². The van der Waals surface area contributed by atoms with Gasteiger partial charge in [0, 0.05) is 30.6 Å². The van der Waals surface area contributed by atoms with E-state index in [2.05, 4.69) is 0 Å². The number of piperidine rings is 1. The molecule has 1 aromatic carbocycles. The number of methoxy groups -OCH3 is 2. The maximum absolute atomic E-state index is 14.1. The lowest BCUT2D eigenvalue weighted by atomic mass is 9.80. The maximum Gasteiger partial charge on any atom is 0.310 e. The maximum atomic E-state index is 14.1. The molecular weight excluding hydrogens is 456 g/mol. The minimum atomic E-state index is -0.642. The lowest BCUT2D eigenvalue weighted by molar-refractivity contribution is -0.151. The average Bonchev–Trinajstić information content (AvgIpc) is 3.39. The molecule has 3 atom stereocenters. The number of rotatable bonds is 6. The number of nitrogens with zero attached hydrogens (tertiary/aromatic N) is 2. The van der Waals surface area contributed by atoms with Gasteiger partial charge in [0.25, 0.3) is 5.91 Å². The van der Waals surface area contributed by atoms with Crippen molar-refractivity contribution in [2.24, 2.45) is 5.92 Å². The first-order valence-corrected chi connectivity index (χ1v) is 12.3. The lowest BCUT2D eigenvalue weighted by Crippen LogP contribution is -2.50. The monoisotopic (exact) mass is 486 g/mol. The number of hydrogen-bond acceptors (Lipinski definition) is 7. The zero-order valence-corrected chi connectivity index (χ0v) is 20.7. The molecule has 2 aliphatic heterocycles. The van der Waals surface area contributed by atoms with Gasteiger partial charge in [0.05, 0.1) is 38.7 Å². The van der Waals surface area contributed by atoms with Gasteiger partial charge in [-0.1, -0.05) is 6.07 Å². The van der Waals surface area contributed by atoms with Crippen molar-refractivity contribution in [3.05, 3.63) is 45.6 Å². The highest BCUT2D eigenvalue weighted by Crippen LogP contribution is 2.47. The molecular formula is C25H30N2O6S. The van der Waals surface area contributed by atoms with Crippen LogP contribution in [0.3, 0.4) is 0 Å². The predicted molar refractivity (Wildman–Crippen MR) is 127 cm³/mol. The van der Waals surface area contributed by atoms with Crippen molar-refractivity contribution in [1.29, 1.82) is 0 Å². The molecule has 2 amide bonds. The Labute approximate surface area is 203 Å². The smallest absolute Gasteiger partial charge is 0.310 e. The van der Waals surface area contributed by atoms with Crippen LogP contribution in [0.4, 0.5) is 0 Å². The Kier molecular flexibility index (Phi) is 7.11. The summed E-state index contributed by atoms with van der Waals surface area (Å²) in [7, 11) is 4.77. The Morgan fingerprint density at radius 1 is 1.18 bits per heavy atom. The molecule has 1 fully saturated rings. The van der Waals surface area contributed by atoms with Crippen LogP contribution in [-0.4, -0.2) is 68.5 Å².